The van der Waals surface area contributed by atoms with E-state index in [1.807, 2.05) is 63.6 Å². The Morgan fingerprint density at radius 3 is 2.57 bits per heavy atom. The van der Waals surface area contributed by atoms with E-state index >= 15 is 0 Å². The highest BCUT2D eigenvalue weighted by atomic mass is 16.1. The number of rotatable bonds is 4. The number of nitrogens with zero attached hydrogens (tertiary/aromatic N) is 2. The van der Waals surface area contributed by atoms with E-state index in [0.717, 1.165) is 28.2 Å². The highest BCUT2D eigenvalue weighted by molar-refractivity contribution is 5.91. The fraction of sp³-hybridized carbons (Fsp3) is 0.412. The van der Waals surface area contributed by atoms with Gasteiger partial charge in [0.05, 0.1) is 11.7 Å². The van der Waals surface area contributed by atoms with Gasteiger partial charge in [0.1, 0.15) is 0 Å². The number of aryl methyl sites for hydroxylation is 4. The number of hydrogen-bond donors (Lipinski definition) is 1. The van der Waals surface area contributed by atoms with Crippen LogP contribution >= 0.6 is 0 Å². The van der Waals surface area contributed by atoms with E-state index in [1.165, 1.54) is 0 Å². The third kappa shape index (κ3) is 3.72. The van der Waals surface area contributed by atoms with Crippen LogP contribution in [0.5, 0.6) is 0 Å². The van der Waals surface area contributed by atoms with Gasteiger partial charge in [0.25, 0.3) is 0 Å². The van der Waals surface area contributed by atoms with Gasteiger partial charge in [-0.3, -0.25) is 9.48 Å². The quantitative estimate of drug-likeness (QED) is 0.931. The summed E-state index contributed by atoms with van der Waals surface area (Å²) in [5.74, 6) is 0.0174. The molecule has 0 fully saturated rings. The monoisotopic (exact) mass is 285 g/mol. The zero-order valence-electron chi connectivity index (χ0n) is 13.4. The largest absolute Gasteiger partial charge is 0.326 e. The van der Waals surface area contributed by atoms with E-state index in [0.29, 0.717) is 6.42 Å². The molecular formula is C17H23N3O. The predicted molar refractivity (Wildman–Crippen MR) is 85.6 cm³/mol. The third-order valence-corrected chi connectivity index (χ3v) is 3.61. The molecule has 4 heteroatoms. The summed E-state index contributed by atoms with van der Waals surface area (Å²) in [4.78, 5) is 12.2. The molecule has 1 atom stereocenters. The highest BCUT2D eigenvalue weighted by Crippen LogP contribution is 2.19. The third-order valence-electron chi connectivity index (χ3n) is 3.61. The summed E-state index contributed by atoms with van der Waals surface area (Å²) >= 11 is 0. The van der Waals surface area contributed by atoms with Crippen LogP contribution in [0.25, 0.3) is 0 Å². The Morgan fingerprint density at radius 2 is 1.95 bits per heavy atom. The lowest BCUT2D eigenvalue weighted by atomic mass is 10.1. The molecule has 1 N–H and O–H groups in total. The van der Waals surface area contributed by atoms with Crippen molar-refractivity contribution < 1.29 is 4.79 Å². The fourth-order valence-electron chi connectivity index (χ4n) is 2.52. The minimum atomic E-state index is 0.0174. The van der Waals surface area contributed by atoms with Crippen LogP contribution in [0, 0.1) is 27.7 Å². The van der Waals surface area contributed by atoms with Crippen LogP contribution in [0.15, 0.2) is 24.3 Å². The molecule has 1 aromatic heterocycles. The van der Waals surface area contributed by atoms with E-state index in [4.69, 9.17) is 0 Å². The number of hydrogen-bond acceptors (Lipinski definition) is 2. The second-order valence-corrected chi connectivity index (χ2v) is 5.79. The van der Waals surface area contributed by atoms with Gasteiger partial charge in [-0.2, -0.15) is 5.10 Å². The van der Waals surface area contributed by atoms with Gasteiger partial charge in [-0.05, 0) is 57.9 Å². The number of aromatic nitrogens is 2. The summed E-state index contributed by atoms with van der Waals surface area (Å²) in [6.07, 6.45) is 0.412. The van der Waals surface area contributed by atoms with Crippen molar-refractivity contribution in [3.8, 4) is 0 Å². The second kappa shape index (κ2) is 6.12. The Balaban J connectivity index is 2.04. The van der Waals surface area contributed by atoms with E-state index in [9.17, 15) is 4.79 Å². The number of carbonyl (C=O) groups excluding carboxylic acids is 1. The van der Waals surface area contributed by atoms with E-state index in [2.05, 4.69) is 10.4 Å². The molecule has 0 bridgehead atoms. The molecule has 0 saturated heterocycles. The van der Waals surface area contributed by atoms with Crippen molar-refractivity contribution in [3.63, 3.8) is 0 Å². The molecule has 0 saturated carbocycles. The van der Waals surface area contributed by atoms with Crippen molar-refractivity contribution in [2.45, 2.75) is 47.1 Å². The van der Waals surface area contributed by atoms with Crippen molar-refractivity contribution in [1.29, 1.82) is 0 Å². The van der Waals surface area contributed by atoms with Crippen LogP contribution in [0.1, 0.15) is 41.9 Å². The molecule has 0 aliphatic heterocycles. The number of benzene rings is 1. The average Bonchev–Trinajstić information content (AvgIpc) is 2.73. The highest BCUT2D eigenvalue weighted by Gasteiger charge is 2.14. The Kier molecular flexibility index (Phi) is 4.46. The summed E-state index contributed by atoms with van der Waals surface area (Å²) in [7, 11) is 0. The maximum absolute atomic E-state index is 12.2. The molecular weight excluding hydrogens is 262 g/mol. The number of carbonyl (C=O) groups is 1. The van der Waals surface area contributed by atoms with Gasteiger partial charge in [-0.1, -0.05) is 12.1 Å². The lowest BCUT2D eigenvalue weighted by molar-refractivity contribution is -0.116. The van der Waals surface area contributed by atoms with Gasteiger partial charge in [0.2, 0.25) is 5.91 Å². The first kappa shape index (κ1) is 15.3. The first-order valence-electron chi connectivity index (χ1n) is 7.26. The molecule has 2 aromatic rings. The lowest BCUT2D eigenvalue weighted by Crippen LogP contribution is -2.19. The first-order chi connectivity index (χ1) is 9.86. The molecule has 4 nitrogen and oxygen atoms in total. The normalized spacial score (nSPS) is 12.2. The molecule has 0 aliphatic rings. The fourth-order valence-corrected chi connectivity index (χ4v) is 2.52. The number of amides is 1. The molecule has 21 heavy (non-hydrogen) atoms. The molecule has 0 radical (unpaired) electrons. The Hall–Kier alpha value is -2.10. The summed E-state index contributed by atoms with van der Waals surface area (Å²) < 4.78 is 1.91. The van der Waals surface area contributed by atoms with Gasteiger partial charge in [0, 0.05) is 17.8 Å². The molecule has 112 valence electrons. The van der Waals surface area contributed by atoms with Crippen molar-refractivity contribution in [3.05, 3.63) is 46.8 Å². The van der Waals surface area contributed by atoms with Crippen LogP contribution in [-0.2, 0) is 4.79 Å². The Morgan fingerprint density at radius 1 is 1.24 bits per heavy atom. The van der Waals surface area contributed by atoms with Crippen molar-refractivity contribution >= 4 is 11.6 Å². The van der Waals surface area contributed by atoms with Gasteiger partial charge < -0.3 is 5.32 Å². The van der Waals surface area contributed by atoms with Crippen LogP contribution in [-0.4, -0.2) is 15.7 Å². The Labute approximate surface area is 126 Å². The average molecular weight is 285 g/mol. The van der Waals surface area contributed by atoms with Crippen molar-refractivity contribution in [2.24, 2.45) is 0 Å². The number of anilines is 1. The molecule has 0 aliphatic carbocycles. The van der Waals surface area contributed by atoms with Crippen LogP contribution in [0.3, 0.4) is 0 Å². The second-order valence-electron chi connectivity index (χ2n) is 5.79. The Bertz CT molecular complexity index is 658. The molecule has 1 unspecified atom stereocenters. The smallest absolute Gasteiger partial charge is 0.226 e. The summed E-state index contributed by atoms with van der Waals surface area (Å²) in [6, 6.07) is 8.14. The topological polar surface area (TPSA) is 46.9 Å². The molecule has 2 rings (SSSR count). The molecule has 1 amide bonds. The lowest BCUT2D eigenvalue weighted by Gasteiger charge is -2.15. The standard InChI is InChI=1S/C17H23N3O/c1-11-6-7-12(2)16(8-11)18-17(21)10-15(5)20-14(4)9-13(3)19-20/h6-9,15H,10H2,1-5H3,(H,18,21). The van der Waals surface area contributed by atoms with E-state index in [1.54, 1.807) is 0 Å². The molecule has 1 heterocycles. The van der Waals surface area contributed by atoms with Crippen molar-refractivity contribution in [1.82, 2.24) is 9.78 Å². The zero-order valence-corrected chi connectivity index (χ0v) is 13.4. The summed E-state index contributed by atoms with van der Waals surface area (Å²) in [6.45, 7) is 10.0. The maximum atomic E-state index is 12.2. The van der Waals surface area contributed by atoms with Crippen LogP contribution in [0.2, 0.25) is 0 Å². The molecule has 0 spiro atoms. The van der Waals surface area contributed by atoms with Gasteiger partial charge >= 0.3 is 0 Å². The zero-order chi connectivity index (χ0) is 15.6. The maximum Gasteiger partial charge on any atom is 0.226 e. The molecule has 1 aromatic carbocycles. The first-order valence-corrected chi connectivity index (χ1v) is 7.26. The van der Waals surface area contributed by atoms with Gasteiger partial charge in [-0.25, -0.2) is 0 Å². The van der Waals surface area contributed by atoms with E-state index < -0.39 is 0 Å². The van der Waals surface area contributed by atoms with E-state index in [-0.39, 0.29) is 11.9 Å². The minimum Gasteiger partial charge on any atom is -0.326 e. The van der Waals surface area contributed by atoms with Crippen LogP contribution < -0.4 is 5.32 Å². The van der Waals surface area contributed by atoms with Gasteiger partial charge in [-0.15, -0.1) is 0 Å². The van der Waals surface area contributed by atoms with Crippen molar-refractivity contribution in [2.75, 3.05) is 5.32 Å². The van der Waals surface area contributed by atoms with Crippen LogP contribution in [0.4, 0.5) is 5.69 Å². The SMILES string of the molecule is Cc1ccc(C)c(NC(=O)CC(C)n2nc(C)cc2C)c1. The van der Waals surface area contributed by atoms with Gasteiger partial charge in [0.15, 0.2) is 0 Å². The summed E-state index contributed by atoms with van der Waals surface area (Å²) in [5.41, 5.74) is 5.17. The predicted octanol–water partition coefficient (Wildman–Crippen LogP) is 3.71. The summed E-state index contributed by atoms with van der Waals surface area (Å²) in [5, 5.41) is 7.44. The number of nitrogens with one attached hydrogen (secondary N) is 1. The minimum absolute atomic E-state index is 0.0174.